The van der Waals surface area contributed by atoms with Crippen molar-refractivity contribution in [3.05, 3.63) is 0 Å². The minimum absolute atomic E-state index is 0.00345. The lowest BCUT2D eigenvalue weighted by Gasteiger charge is -2.39. The minimum atomic E-state index is -3.16. The second-order valence-electron chi connectivity index (χ2n) is 6.47. The summed E-state index contributed by atoms with van der Waals surface area (Å²) in [7, 11) is -3.16. The van der Waals surface area contributed by atoms with Crippen LogP contribution in [0.15, 0.2) is 0 Å². The van der Waals surface area contributed by atoms with Gasteiger partial charge in [0.15, 0.2) is 0 Å². The van der Waals surface area contributed by atoms with Gasteiger partial charge in [0.2, 0.25) is 15.9 Å². The van der Waals surface area contributed by atoms with E-state index in [1.165, 1.54) is 19.1 Å². The minimum Gasteiger partial charge on any atom is -0.337 e. The molecule has 0 aliphatic carbocycles. The Morgan fingerprint density at radius 2 is 1.76 bits per heavy atom. The molecular formula is C14H25N3O3S. The predicted molar refractivity (Wildman–Crippen MR) is 80.4 cm³/mol. The van der Waals surface area contributed by atoms with Gasteiger partial charge in [-0.15, -0.1) is 0 Å². The number of nitrogens with zero attached hydrogens (tertiary/aromatic N) is 3. The standard InChI is InChI=1S/C14H25N3O3S/c1-21(19,20)17-9-6-12-13(17)4-5-14(18)16(12)11-10-15-7-2-3-8-15/h12-13H,2-11H2,1H3/t12-,13-/m1/s1. The van der Waals surface area contributed by atoms with Crippen LogP contribution in [0, 0.1) is 0 Å². The number of hydrogen-bond acceptors (Lipinski definition) is 4. The molecule has 0 saturated carbocycles. The van der Waals surface area contributed by atoms with Crippen LogP contribution in [0.3, 0.4) is 0 Å². The van der Waals surface area contributed by atoms with Gasteiger partial charge in [0.25, 0.3) is 0 Å². The van der Waals surface area contributed by atoms with Crippen molar-refractivity contribution in [2.75, 3.05) is 39.0 Å². The highest BCUT2D eigenvalue weighted by atomic mass is 32.2. The normalized spacial score (nSPS) is 31.9. The summed E-state index contributed by atoms with van der Waals surface area (Å²) < 4.78 is 25.3. The lowest BCUT2D eigenvalue weighted by atomic mass is 9.97. The van der Waals surface area contributed by atoms with Crippen LogP contribution in [0.25, 0.3) is 0 Å². The fraction of sp³-hybridized carbons (Fsp3) is 0.929. The van der Waals surface area contributed by atoms with E-state index in [2.05, 4.69) is 4.90 Å². The molecule has 3 saturated heterocycles. The maximum Gasteiger partial charge on any atom is 0.222 e. The first-order valence-corrected chi connectivity index (χ1v) is 9.80. The van der Waals surface area contributed by atoms with Crippen molar-refractivity contribution in [2.24, 2.45) is 0 Å². The summed E-state index contributed by atoms with van der Waals surface area (Å²) in [4.78, 5) is 16.6. The highest BCUT2D eigenvalue weighted by molar-refractivity contribution is 7.88. The summed E-state index contributed by atoms with van der Waals surface area (Å²) in [6, 6.07) is 0.0832. The Morgan fingerprint density at radius 3 is 2.43 bits per heavy atom. The van der Waals surface area contributed by atoms with Gasteiger partial charge in [-0.05, 0) is 38.8 Å². The predicted octanol–water partition coefficient (Wildman–Crippen LogP) is 0.107. The summed E-state index contributed by atoms with van der Waals surface area (Å²) in [5.74, 6) is 0.200. The number of amides is 1. The van der Waals surface area contributed by atoms with Crippen LogP contribution in [-0.2, 0) is 14.8 Å². The van der Waals surface area contributed by atoms with Crippen molar-refractivity contribution in [3.63, 3.8) is 0 Å². The van der Waals surface area contributed by atoms with E-state index >= 15 is 0 Å². The molecule has 0 aromatic heterocycles. The molecule has 0 radical (unpaired) electrons. The van der Waals surface area contributed by atoms with E-state index in [1.54, 1.807) is 4.31 Å². The first kappa shape index (κ1) is 15.2. The molecule has 3 aliphatic heterocycles. The average Bonchev–Trinajstić information content (AvgIpc) is 3.05. The van der Waals surface area contributed by atoms with Gasteiger partial charge in [0.1, 0.15) is 0 Å². The molecule has 2 atom stereocenters. The number of sulfonamides is 1. The third-order valence-corrected chi connectivity index (χ3v) is 6.42. The number of carbonyl (C=O) groups excluding carboxylic acids is 1. The quantitative estimate of drug-likeness (QED) is 0.739. The van der Waals surface area contributed by atoms with Crippen LogP contribution < -0.4 is 0 Å². The number of carbonyl (C=O) groups is 1. The van der Waals surface area contributed by atoms with E-state index in [9.17, 15) is 13.2 Å². The van der Waals surface area contributed by atoms with Crippen LogP contribution in [0.2, 0.25) is 0 Å². The van der Waals surface area contributed by atoms with Crippen molar-refractivity contribution in [3.8, 4) is 0 Å². The van der Waals surface area contributed by atoms with Crippen molar-refractivity contribution in [2.45, 2.75) is 44.2 Å². The van der Waals surface area contributed by atoms with Gasteiger partial charge in [-0.2, -0.15) is 4.31 Å². The summed E-state index contributed by atoms with van der Waals surface area (Å²) in [6.45, 7) is 4.49. The van der Waals surface area contributed by atoms with E-state index in [1.807, 2.05) is 4.90 Å². The lowest BCUT2D eigenvalue weighted by molar-refractivity contribution is -0.137. The highest BCUT2D eigenvalue weighted by Crippen LogP contribution is 2.32. The number of likely N-dealkylation sites (tertiary alicyclic amines) is 2. The van der Waals surface area contributed by atoms with Gasteiger partial charge in [-0.3, -0.25) is 4.79 Å². The topological polar surface area (TPSA) is 60.9 Å². The maximum atomic E-state index is 12.2. The molecule has 3 heterocycles. The molecule has 7 heteroatoms. The Hall–Kier alpha value is -0.660. The van der Waals surface area contributed by atoms with Crippen LogP contribution in [-0.4, -0.2) is 79.5 Å². The molecule has 3 aliphatic rings. The average molecular weight is 315 g/mol. The monoisotopic (exact) mass is 315 g/mol. The van der Waals surface area contributed by atoms with E-state index in [4.69, 9.17) is 0 Å². The van der Waals surface area contributed by atoms with Crippen molar-refractivity contribution in [1.29, 1.82) is 0 Å². The molecule has 6 nitrogen and oxygen atoms in total. The Morgan fingerprint density at radius 1 is 1.05 bits per heavy atom. The third-order valence-electron chi connectivity index (χ3n) is 5.12. The van der Waals surface area contributed by atoms with E-state index in [0.29, 0.717) is 19.4 Å². The largest absolute Gasteiger partial charge is 0.337 e. The Labute approximate surface area is 127 Å². The lowest BCUT2D eigenvalue weighted by Crippen LogP contribution is -2.54. The van der Waals surface area contributed by atoms with Gasteiger partial charge >= 0.3 is 0 Å². The van der Waals surface area contributed by atoms with Crippen molar-refractivity contribution < 1.29 is 13.2 Å². The molecule has 0 unspecified atom stereocenters. The SMILES string of the molecule is CS(=O)(=O)N1CC[C@@H]2[C@H]1CCC(=O)N2CCN1CCCC1. The molecule has 0 aromatic rings. The molecule has 0 spiro atoms. The summed E-state index contributed by atoms with van der Waals surface area (Å²) in [5, 5.41) is 0. The van der Waals surface area contributed by atoms with E-state index in [-0.39, 0.29) is 18.0 Å². The van der Waals surface area contributed by atoms with Gasteiger partial charge in [0.05, 0.1) is 6.26 Å². The second-order valence-corrected chi connectivity index (χ2v) is 8.41. The van der Waals surface area contributed by atoms with Crippen molar-refractivity contribution in [1.82, 2.24) is 14.1 Å². The molecule has 21 heavy (non-hydrogen) atoms. The fourth-order valence-corrected chi connectivity index (χ4v) is 5.24. The zero-order valence-corrected chi connectivity index (χ0v) is 13.5. The van der Waals surface area contributed by atoms with Crippen LogP contribution in [0.4, 0.5) is 0 Å². The van der Waals surface area contributed by atoms with Crippen LogP contribution in [0.5, 0.6) is 0 Å². The smallest absolute Gasteiger partial charge is 0.222 e. The molecule has 1 amide bonds. The maximum absolute atomic E-state index is 12.2. The van der Waals surface area contributed by atoms with Gasteiger partial charge in [-0.25, -0.2) is 8.42 Å². The number of hydrogen-bond donors (Lipinski definition) is 0. The van der Waals surface area contributed by atoms with Crippen LogP contribution >= 0.6 is 0 Å². The first-order chi connectivity index (χ1) is 9.97. The Bertz CT molecular complexity index is 502. The molecular weight excluding hydrogens is 290 g/mol. The Kier molecular flexibility index (Phi) is 4.25. The zero-order chi connectivity index (χ0) is 15.0. The van der Waals surface area contributed by atoms with Gasteiger partial charge < -0.3 is 9.80 Å². The number of fused-ring (bicyclic) bond motifs is 1. The molecule has 0 bridgehead atoms. The molecule has 0 aromatic carbocycles. The fourth-order valence-electron chi connectivity index (χ4n) is 4.07. The molecule has 3 fully saturated rings. The second kappa shape index (κ2) is 5.85. The highest BCUT2D eigenvalue weighted by Gasteiger charge is 2.46. The van der Waals surface area contributed by atoms with Gasteiger partial charge in [-0.1, -0.05) is 0 Å². The zero-order valence-electron chi connectivity index (χ0n) is 12.7. The summed E-state index contributed by atoms with van der Waals surface area (Å²) in [6.07, 6.45) is 5.72. The molecule has 120 valence electrons. The van der Waals surface area contributed by atoms with Gasteiger partial charge in [0, 0.05) is 38.1 Å². The summed E-state index contributed by atoms with van der Waals surface area (Å²) >= 11 is 0. The van der Waals surface area contributed by atoms with E-state index < -0.39 is 10.0 Å². The number of rotatable bonds is 4. The Balaban J connectivity index is 1.66. The van der Waals surface area contributed by atoms with Crippen LogP contribution in [0.1, 0.15) is 32.1 Å². The molecule has 3 rings (SSSR count). The van der Waals surface area contributed by atoms with E-state index in [0.717, 1.165) is 32.6 Å². The summed E-state index contributed by atoms with van der Waals surface area (Å²) in [5.41, 5.74) is 0. The number of piperidine rings is 1. The third kappa shape index (κ3) is 3.10. The van der Waals surface area contributed by atoms with Crippen molar-refractivity contribution >= 4 is 15.9 Å². The first-order valence-electron chi connectivity index (χ1n) is 7.95. The molecule has 0 N–H and O–H groups in total.